The zero-order valence-corrected chi connectivity index (χ0v) is 39.9. The van der Waals surface area contributed by atoms with E-state index in [1.165, 1.54) is 6.92 Å². The van der Waals surface area contributed by atoms with Gasteiger partial charge in [0.2, 0.25) is 18.2 Å². The van der Waals surface area contributed by atoms with Crippen molar-refractivity contribution in [3.63, 3.8) is 0 Å². The number of aliphatic hydroxyl groups excluding tert-OH is 15. The van der Waals surface area contributed by atoms with Crippen molar-refractivity contribution in [3.05, 3.63) is 0 Å². The average Bonchev–Trinajstić information content (AvgIpc) is 3.36. The van der Waals surface area contributed by atoms with Gasteiger partial charge in [0.1, 0.15) is 110 Å². The minimum atomic E-state index is -3.07. The molecule has 5 fully saturated rings. The Labute approximate surface area is 419 Å². The number of ether oxygens (including phenoxy) is 10. The number of carboxylic acids is 1. The van der Waals surface area contributed by atoms with Crippen LogP contribution >= 0.6 is 0 Å². The molecule has 5 saturated heterocycles. The summed E-state index contributed by atoms with van der Waals surface area (Å²) in [6, 6.07) is -4.50. The molecule has 33 nitrogen and oxygen atoms in total. The van der Waals surface area contributed by atoms with Crippen LogP contribution in [0, 0.1) is 0 Å². The molecule has 0 radical (unpaired) electrons. The van der Waals surface area contributed by atoms with Crippen LogP contribution in [0.15, 0.2) is 0 Å². The van der Waals surface area contributed by atoms with Gasteiger partial charge in [0, 0.05) is 20.3 Å². The highest BCUT2D eigenvalue weighted by Crippen LogP contribution is 2.38. The van der Waals surface area contributed by atoms with Crippen molar-refractivity contribution in [1.29, 1.82) is 0 Å². The van der Waals surface area contributed by atoms with Gasteiger partial charge in [-0.05, 0) is 6.92 Å². The number of carbonyl (C=O) groups is 4. The van der Waals surface area contributed by atoms with Gasteiger partial charge in [0.15, 0.2) is 25.2 Å². The largest absolute Gasteiger partial charge is 0.477 e. The third-order valence-electron chi connectivity index (χ3n) is 13.0. The maximum atomic E-state index is 13.1. The first kappa shape index (κ1) is 61.7. The molecule has 0 bridgehead atoms. The van der Waals surface area contributed by atoms with Crippen LogP contribution < -0.4 is 16.0 Å². The molecule has 5 heterocycles. The highest BCUT2D eigenvalue weighted by atomic mass is 16.8. The van der Waals surface area contributed by atoms with E-state index < -0.39 is 229 Å². The van der Waals surface area contributed by atoms with Crippen LogP contribution in [0.3, 0.4) is 0 Å². The molecule has 0 aromatic rings. The summed E-state index contributed by atoms with van der Waals surface area (Å²) < 4.78 is 57.5. The van der Waals surface area contributed by atoms with Crippen molar-refractivity contribution in [1.82, 2.24) is 16.0 Å². The van der Waals surface area contributed by atoms with Crippen LogP contribution in [-0.2, 0) is 66.5 Å². The quantitative estimate of drug-likeness (QED) is 0.0423. The Balaban J connectivity index is 1.48. The van der Waals surface area contributed by atoms with E-state index in [2.05, 4.69) is 16.0 Å². The number of carbonyl (C=O) groups excluding carboxylic acids is 3. The van der Waals surface area contributed by atoms with Crippen LogP contribution in [-0.4, -0.2) is 311 Å². The van der Waals surface area contributed by atoms with Crippen LogP contribution in [0.2, 0.25) is 0 Å². The van der Waals surface area contributed by atoms with Crippen LogP contribution in [0.5, 0.6) is 0 Å². The number of nitrogens with one attached hydrogen (secondary N) is 3. The Morgan fingerprint density at radius 1 is 0.649 bits per heavy atom. The molecule has 33 heteroatoms. The summed E-state index contributed by atoms with van der Waals surface area (Å²) >= 11 is 0. The maximum absolute atomic E-state index is 13.1. The van der Waals surface area contributed by atoms with Crippen molar-refractivity contribution in [2.45, 2.75) is 192 Å². The fourth-order valence-electron chi connectivity index (χ4n) is 8.96. The van der Waals surface area contributed by atoms with Gasteiger partial charge in [-0.1, -0.05) is 0 Å². The summed E-state index contributed by atoms with van der Waals surface area (Å²) in [5.41, 5.74) is 0. The Hall–Kier alpha value is -3.12. The minimum absolute atomic E-state index is 0.266. The lowest BCUT2D eigenvalue weighted by molar-refractivity contribution is -0.384. The molecule has 0 aliphatic carbocycles. The number of amides is 3. The van der Waals surface area contributed by atoms with Gasteiger partial charge in [0.25, 0.3) is 5.79 Å². The van der Waals surface area contributed by atoms with Crippen LogP contribution in [0.4, 0.5) is 0 Å². The van der Waals surface area contributed by atoms with E-state index in [0.717, 1.165) is 13.8 Å². The number of aliphatic carboxylic acids is 1. The number of rotatable bonds is 23. The highest BCUT2D eigenvalue weighted by molar-refractivity contribution is 5.76. The SMILES string of the molecule is CC(=O)N[C@H]1[C@H](O[C@H]2[C@@H](O)[C@@H](CO)O[C@@H](O[C@H]3[C@H](O)[C@@H](O)[C@H](OC[C@@H](CO)NC=O)O[C@@H]3CO)[C@@H]2O)O[C@H](CO[C@]2(C(=O)O)C[C@H](O)[C@@H](NC(C)=O)[C@H]([C@H](O)[C@H](O)CO)O2)[C@@H](O[C@@H]2O[C@@H](C)[C@@H](O)[C@@H](O)[C@@H]2O)[C@@H]1O. The molecule has 19 N–H and O–H groups in total. The highest BCUT2D eigenvalue weighted by Gasteiger charge is 2.59. The topological polar surface area (TPSA) is 520 Å². The van der Waals surface area contributed by atoms with Crippen molar-refractivity contribution >= 4 is 24.2 Å². The first-order valence-electron chi connectivity index (χ1n) is 23.3. The van der Waals surface area contributed by atoms with Gasteiger partial charge in [-0.15, -0.1) is 0 Å². The molecule has 3 amide bonds. The fourth-order valence-corrected chi connectivity index (χ4v) is 8.96. The molecule has 0 spiro atoms. The summed E-state index contributed by atoms with van der Waals surface area (Å²) in [7, 11) is 0. The molecule has 5 aliphatic heterocycles. The van der Waals surface area contributed by atoms with Crippen molar-refractivity contribution in [2.75, 3.05) is 39.6 Å². The number of carboxylic acid groups (broad SMARTS) is 1. The number of hydrogen-bond acceptors (Lipinski definition) is 29. The molecule has 27 atom stereocenters. The molecule has 0 unspecified atom stereocenters. The lowest BCUT2D eigenvalue weighted by atomic mass is 9.88. The molecule has 0 aromatic carbocycles. The van der Waals surface area contributed by atoms with Gasteiger partial charge < -0.3 is 145 Å². The summed E-state index contributed by atoms with van der Waals surface area (Å²) in [5, 5.41) is 179. The molecular weight excluding hydrogens is 1010 g/mol. The predicted octanol–water partition coefficient (Wildman–Crippen LogP) is -12.3. The van der Waals surface area contributed by atoms with Crippen molar-refractivity contribution in [2.24, 2.45) is 0 Å². The minimum Gasteiger partial charge on any atom is -0.477 e. The van der Waals surface area contributed by atoms with Gasteiger partial charge in [0.05, 0.1) is 63.9 Å². The summed E-state index contributed by atoms with van der Waals surface area (Å²) in [4.78, 5) is 48.8. The van der Waals surface area contributed by atoms with E-state index in [-0.39, 0.29) is 6.41 Å². The van der Waals surface area contributed by atoms with E-state index >= 15 is 0 Å². The van der Waals surface area contributed by atoms with Crippen LogP contribution in [0.25, 0.3) is 0 Å². The standard InChI is InChI=1S/C41H69N3O30/c1-12-23(54)27(58)29(60)38(67-12)72-33-20(10-66-41(40(63)64)4-16(52)21(43-13(2)50)34(74-41)24(55)17(53)6-46)70-36(22(26(33)57)44-14(3)51)73-35-25(56)18(7-47)68-39(31(35)62)71-32-19(8-48)69-37(30(61)28(32)59)65-9-15(5-45)42-11-49/h11-12,15-39,45-48,52-62H,4-10H2,1-3H3,(H,42,49)(H,43,50)(H,44,51)(H,63,64)/t12-,15+,16-,17+,18+,19+,20+,21+,22+,23+,24+,25-,26+,27+,28+,29-,30+,31+,32+,33+,34+,35-,36-,37+,38-,39-,41+/m0/s1. The van der Waals surface area contributed by atoms with E-state index in [0.29, 0.717) is 0 Å². The van der Waals surface area contributed by atoms with Gasteiger partial charge >= 0.3 is 5.97 Å². The zero-order chi connectivity index (χ0) is 55.1. The van der Waals surface area contributed by atoms with E-state index in [1.54, 1.807) is 0 Å². The second-order valence-electron chi connectivity index (χ2n) is 18.3. The molecule has 5 rings (SSSR count). The molecule has 428 valence electrons. The second kappa shape index (κ2) is 27.0. The maximum Gasteiger partial charge on any atom is 0.364 e. The monoisotopic (exact) mass is 1080 g/mol. The average molecular weight is 1080 g/mol. The fraction of sp³-hybridized carbons (Fsp3) is 0.902. The zero-order valence-electron chi connectivity index (χ0n) is 39.9. The summed E-state index contributed by atoms with van der Waals surface area (Å²) in [6.07, 6.45) is -45.6. The Kier molecular flexibility index (Phi) is 22.5. The number of hydrogen-bond donors (Lipinski definition) is 19. The third-order valence-corrected chi connectivity index (χ3v) is 13.0. The lowest BCUT2D eigenvalue weighted by Crippen LogP contribution is -2.70. The Morgan fingerprint density at radius 2 is 1.20 bits per heavy atom. The van der Waals surface area contributed by atoms with E-state index in [1.807, 2.05) is 0 Å². The van der Waals surface area contributed by atoms with Gasteiger partial charge in [-0.25, -0.2) is 4.79 Å². The van der Waals surface area contributed by atoms with E-state index in [9.17, 15) is 101 Å². The molecule has 74 heavy (non-hydrogen) atoms. The van der Waals surface area contributed by atoms with E-state index in [4.69, 9.17) is 47.4 Å². The van der Waals surface area contributed by atoms with Crippen molar-refractivity contribution in [3.8, 4) is 0 Å². The molecule has 0 aromatic heterocycles. The van der Waals surface area contributed by atoms with Gasteiger partial charge in [-0.3, -0.25) is 14.4 Å². The van der Waals surface area contributed by atoms with Crippen LogP contribution in [0.1, 0.15) is 27.2 Å². The molecule has 0 saturated carbocycles. The smallest absolute Gasteiger partial charge is 0.364 e. The molecular formula is C41H69N3O30. The normalized spacial score (nSPS) is 44.1. The first-order valence-corrected chi connectivity index (χ1v) is 23.3. The first-order chi connectivity index (χ1) is 34.9. The number of aliphatic hydroxyl groups is 15. The summed E-state index contributed by atoms with van der Waals surface area (Å²) in [6.45, 7) is -2.11. The Bertz CT molecular complexity index is 1810. The second-order valence-corrected chi connectivity index (χ2v) is 18.3. The Morgan fingerprint density at radius 3 is 1.77 bits per heavy atom. The van der Waals surface area contributed by atoms with Gasteiger partial charge in [-0.2, -0.15) is 0 Å². The van der Waals surface area contributed by atoms with Crippen molar-refractivity contribution < 1.29 is 148 Å². The molecule has 5 aliphatic rings. The summed E-state index contributed by atoms with van der Waals surface area (Å²) in [5.74, 6) is -6.80. The lowest BCUT2D eigenvalue weighted by Gasteiger charge is -2.50. The third kappa shape index (κ3) is 13.9. The predicted molar refractivity (Wildman–Crippen MR) is 229 cm³/mol.